The monoisotopic (exact) mass is 331 g/mol. The van der Waals surface area contributed by atoms with Gasteiger partial charge in [-0.2, -0.15) is 0 Å². The molecule has 2 rings (SSSR count). The summed E-state index contributed by atoms with van der Waals surface area (Å²) in [5.41, 5.74) is 2.42. The molecule has 2 heterocycles. The molecule has 5 nitrogen and oxygen atoms in total. The number of rotatable bonds is 8. The van der Waals surface area contributed by atoms with Crippen molar-refractivity contribution in [2.45, 2.75) is 31.3 Å². The first kappa shape index (κ1) is 15.6. The van der Waals surface area contributed by atoms with Gasteiger partial charge in [0.2, 0.25) is 10.0 Å². The van der Waals surface area contributed by atoms with E-state index in [0.717, 1.165) is 23.5 Å². The van der Waals surface area contributed by atoms with Crippen LogP contribution in [-0.4, -0.2) is 19.9 Å². The lowest BCUT2D eigenvalue weighted by Gasteiger charge is -2.02. The molecule has 2 N–H and O–H groups in total. The van der Waals surface area contributed by atoms with Crippen LogP contribution in [0.3, 0.4) is 0 Å². The SMILES string of the molecule is CCCNCc1cc(S(=O)(=O)NCc2cscn2)cs1. The first-order chi connectivity index (χ1) is 9.62. The molecule has 0 saturated carbocycles. The van der Waals surface area contributed by atoms with Crippen LogP contribution in [0.1, 0.15) is 23.9 Å². The van der Waals surface area contributed by atoms with Gasteiger partial charge in [0, 0.05) is 22.2 Å². The average molecular weight is 331 g/mol. The number of hydrogen-bond donors (Lipinski definition) is 2. The maximum atomic E-state index is 12.1. The molecule has 0 unspecified atom stereocenters. The Labute approximate surface area is 127 Å². The summed E-state index contributed by atoms with van der Waals surface area (Å²) in [7, 11) is -3.45. The van der Waals surface area contributed by atoms with Gasteiger partial charge in [-0.05, 0) is 19.0 Å². The van der Waals surface area contributed by atoms with Crippen molar-refractivity contribution in [3.8, 4) is 0 Å². The second-order valence-corrected chi connectivity index (χ2v) is 7.71. The molecule has 0 spiro atoms. The third kappa shape index (κ3) is 4.35. The fraction of sp³-hybridized carbons (Fsp3) is 0.417. The Hall–Kier alpha value is -0.800. The summed E-state index contributed by atoms with van der Waals surface area (Å²) in [6, 6.07) is 1.72. The van der Waals surface area contributed by atoms with Crippen molar-refractivity contribution in [1.82, 2.24) is 15.0 Å². The molecule has 0 aliphatic carbocycles. The first-order valence-electron chi connectivity index (χ1n) is 6.26. The van der Waals surface area contributed by atoms with E-state index in [9.17, 15) is 8.42 Å². The van der Waals surface area contributed by atoms with Crippen molar-refractivity contribution in [3.63, 3.8) is 0 Å². The molecule has 0 bridgehead atoms. The van der Waals surface area contributed by atoms with E-state index < -0.39 is 10.0 Å². The van der Waals surface area contributed by atoms with Gasteiger partial charge in [-0.1, -0.05) is 6.92 Å². The van der Waals surface area contributed by atoms with E-state index in [1.54, 1.807) is 17.0 Å². The molecule has 0 atom stereocenters. The molecule has 0 aliphatic heterocycles. The van der Waals surface area contributed by atoms with Crippen LogP contribution in [-0.2, 0) is 23.1 Å². The fourth-order valence-electron chi connectivity index (χ4n) is 1.56. The summed E-state index contributed by atoms with van der Waals surface area (Å²) in [5, 5.41) is 6.76. The molecule has 20 heavy (non-hydrogen) atoms. The number of thiazole rings is 1. The second kappa shape index (κ2) is 7.28. The molecule has 0 aliphatic rings. The Morgan fingerprint density at radius 2 is 2.15 bits per heavy atom. The lowest BCUT2D eigenvalue weighted by Crippen LogP contribution is -2.23. The lowest BCUT2D eigenvalue weighted by atomic mass is 10.4. The number of hydrogen-bond acceptors (Lipinski definition) is 6. The van der Waals surface area contributed by atoms with Gasteiger partial charge in [0.25, 0.3) is 0 Å². The van der Waals surface area contributed by atoms with Crippen molar-refractivity contribution < 1.29 is 8.42 Å². The maximum absolute atomic E-state index is 12.1. The van der Waals surface area contributed by atoms with Gasteiger partial charge in [-0.15, -0.1) is 22.7 Å². The zero-order valence-electron chi connectivity index (χ0n) is 11.1. The third-order valence-corrected chi connectivity index (χ3v) is 5.69. The van der Waals surface area contributed by atoms with Gasteiger partial charge in [0.1, 0.15) is 0 Å². The minimum atomic E-state index is -3.45. The Balaban J connectivity index is 1.95. The first-order valence-corrected chi connectivity index (χ1v) is 9.57. The van der Waals surface area contributed by atoms with Crippen molar-refractivity contribution in [2.24, 2.45) is 0 Å². The Morgan fingerprint density at radius 1 is 1.30 bits per heavy atom. The fourth-order valence-corrected chi connectivity index (χ4v) is 4.36. The molecule has 0 radical (unpaired) electrons. The van der Waals surface area contributed by atoms with E-state index >= 15 is 0 Å². The highest BCUT2D eigenvalue weighted by atomic mass is 32.2. The summed E-state index contributed by atoms with van der Waals surface area (Å²) in [6.45, 7) is 3.97. The van der Waals surface area contributed by atoms with E-state index in [1.165, 1.54) is 22.7 Å². The van der Waals surface area contributed by atoms with E-state index in [1.807, 2.05) is 5.38 Å². The van der Waals surface area contributed by atoms with E-state index in [0.29, 0.717) is 11.4 Å². The Bertz CT molecular complexity index is 620. The molecule has 2 aromatic heterocycles. The van der Waals surface area contributed by atoms with Crippen molar-refractivity contribution in [2.75, 3.05) is 6.54 Å². The van der Waals surface area contributed by atoms with Crippen LogP contribution < -0.4 is 10.0 Å². The number of sulfonamides is 1. The van der Waals surface area contributed by atoms with Gasteiger partial charge >= 0.3 is 0 Å². The topological polar surface area (TPSA) is 71.1 Å². The Kier molecular flexibility index (Phi) is 5.67. The second-order valence-electron chi connectivity index (χ2n) is 4.23. The van der Waals surface area contributed by atoms with Gasteiger partial charge in [0.05, 0.1) is 22.6 Å². The third-order valence-electron chi connectivity index (χ3n) is 2.59. The van der Waals surface area contributed by atoms with E-state index in [4.69, 9.17) is 0 Å². The number of aromatic nitrogens is 1. The quantitative estimate of drug-likeness (QED) is 0.727. The van der Waals surface area contributed by atoms with Crippen LogP contribution >= 0.6 is 22.7 Å². The normalized spacial score (nSPS) is 11.8. The average Bonchev–Trinajstić information content (AvgIpc) is 3.08. The summed E-state index contributed by atoms with van der Waals surface area (Å²) >= 11 is 2.90. The molecule has 0 amide bonds. The van der Waals surface area contributed by atoms with Crippen LogP contribution in [0.5, 0.6) is 0 Å². The highest BCUT2D eigenvalue weighted by Gasteiger charge is 2.16. The van der Waals surface area contributed by atoms with Crippen LogP contribution in [0.2, 0.25) is 0 Å². The summed E-state index contributed by atoms with van der Waals surface area (Å²) in [4.78, 5) is 5.40. The van der Waals surface area contributed by atoms with Crippen LogP contribution in [0, 0.1) is 0 Å². The molecule has 0 fully saturated rings. The minimum Gasteiger partial charge on any atom is -0.312 e. The van der Waals surface area contributed by atoms with Crippen molar-refractivity contribution >= 4 is 32.7 Å². The smallest absolute Gasteiger partial charge is 0.241 e. The van der Waals surface area contributed by atoms with E-state index in [2.05, 4.69) is 21.9 Å². The summed E-state index contributed by atoms with van der Waals surface area (Å²) in [5.74, 6) is 0. The highest BCUT2D eigenvalue weighted by molar-refractivity contribution is 7.89. The summed E-state index contributed by atoms with van der Waals surface area (Å²) < 4.78 is 26.8. The molecule has 110 valence electrons. The molecular formula is C12H17N3O2S3. The zero-order valence-corrected chi connectivity index (χ0v) is 13.6. The lowest BCUT2D eigenvalue weighted by molar-refractivity contribution is 0.581. The van der Waals surface area contributed by atoms with Gasteiger partial charge in [-0.25, -0.2) is 18.1 Å². The predicted molar refractivity (Wildman–Crippen MR) is 82.5 cm³/mol. The van der Waals surface area contributed by atoms with Gasteiger partial charge in [0.15, 0.2) is 0 Å². The van der Waals surface area contributed by atoms with Crippen LogP contribution in [0.15, 0.2) is 27.2 Å². The standard InChI is InChI=1S/C12H17N3O2S3/c1-2-3-13-6-11-4-12(8-19-11)20(16,17)15-5-10-7-18-9-14-10/h4,7-9,13,15H,2-3,5-6H2,1H3. The van der Waals surface area contributed by atoms with E-state index in [-0.39, 0.29) is 6.54 Å². The van der Waals surface area contributed by atoms with Crippen molar-refractivity contribution in [3.05, 3.63) is 32.9 Å². The van der Waals surface area contributed by atoms with Gasteiger partial charge in [-0.3, -0.25) is 0 Å². The van der Waals surface area contributed by atoms with Crippen LogP contribution in [0.4, 0.5) is 0 Å². The zero-order chi connectivity index (χ0) is 14.4. The molecule has 0 aromatic carbocycles. The number of thiophene rings is 1. The summed E-state index contributed by atoms with van der Waals surface area (Å²) in [6.07, 6.45) is 1.06. The molecule has 8 heteroatoms. The molecule has 0 saturated heterocycles. The van der Waals surface area contributed by atoms with Gasteiger partial charge < -0.3 is 5.32 Å². The Morgan fingerprint density at radius 3 is 2.85 bits per heavy atom. The molecular weight excluding hydrogens is 314 g/mol. The number of nitrogens with zero attached hydrogens (tertiary/aromatic N) is 1. The predicted octanol–water partition coefficient (Wildman–Crippen LogP) is 2.18. The largest absolute Gasteiger partial charge is 0.312 e. The van der Waals surface area contributed by atoms with Crippen molar-refractivity contribution in [1.29, 1.82) is 0 Å². The highest BCUT2D eigenvalue weighted by Crippen LogP contribution is 2.19. The number of nitrogens with one attached hydrogen (secondary N) is 2. The maximum Gasteiger partial charge on any atom is 0.241 e. The van der Waals surface area contributed by atoms with Crippen LogP contribution in [0.25, 0.3) is 0 Å². The minimum absolute atomic E-state index is 0.227. The molecule has 2 aromatic rings.